The fourth-order valence-electron chi connectivity index (χ4n) is 5.82. The summed E-state index contributed by atoms with van der Waals surface area (Å²) in [6.45, 7) is 11.3. The highest BCUT2D eigenvalue weighted by Gasteiger charge is 2.25. The van der Waals surface area contributed by atoms with Gasteiger partial charge in [0, 0.05) is 73.5 Å². The molecule has 3 N–H and O–H groups in total. The van der Waals surface area contributed by atoms with Crippen molar-refractivity contribution in [1.82, 2.24) is 24.8 Å². The molecule has 43 heavy (non-hydrogen) atoms. The van der Waals surface area contributed by atoms with E-state index < -0.39 is 0 Å². The Hall–Kier alpha value is -4.48. The van der Waals surface area contributed by atoms with E-state index >= 15 is 0 Å². The number of aromatic nitrogens is 3. The molecule has 2 aliphatic rings. The zero-order chi connectivity index (χ0) is 29.9. The zero-order valence-corrected chi connectivity index (χ0v) is 24.8. The van der Waals surface area contributed by atoms with Crippen LogP contribution < -0.4 is 20.9 Å². The molecular weight excluding hydrogens is 544 g/mol. The minimum atomic E-state index is -0.371. The first-order chi connectivity index (χ1) is 20.9. The zero-order valence-electron chi connectivity index (χ0n) is 24.8. The molecule has 0 spiro atoms. The van der Waals surface area contributed by atoms with E-state index in [9.17, 15) is 9.59 Å². The summed E-state index contributed by atoms with van der Waals surface area (Å²) in [5.74, 6) is 1.55. The number of rotatable bonds is 6. The molecule has 0 unspecified atom stereocenters. The van der Waals surface area contributed by atoms with Crippen LogP contribution in [0.2, 0.25) is 0 Å². The Balaban J connectivity index is 1.12. The van der Waals surface area contributed by atoms with Crippen LogP contribution in [-0.4, -0.2) is 82.8 Å². The van der Waals surface area contributed by atoms with Crippen molar-refractivity contribution in [3.05, 3.63) is 66.4 Å². The Morgan fingerprint density at radius 2 is 1.53 bits per heavy atom. The number of amides is 3. The van der Waals surface area contributed by atoms with Gasteiger partial charge in [0.15, 0.2) is 5.82 Å². The third-order valence-electron chi connectivity index (χ3n) is 7.89. The molecule has 11 nitrogen and oxygen atoms in total. The van der Waals surface area contributed by atoms with Crippen molar-refractivity contribution in [3.8, 4) is 11.4 Å². The summed E-state index contributed by atoms with van der Waals surface area (Å²) < 4.78 is 7.68. The Bertz CT molecular complexity index is 1590. The van der Waals surface area contributed by atoms with Gasteiger partial charge in [0.2, 0.25) is 0 Å². The molecular formula is C32H38N8O3. The number of piperazine rings is 1. The van der Waals surface area contributed by atoms with E-state index in [-0.39, 0.29) is 24.0 Å². The molecule has 0 bridgehead atoms. The normalized spacial score (nSPS) is 19.0. The minimum Gasteiger partial charge on any atom is -0.378 e. The van der Waals surface area contributed by atoms with Crippen molar-refractivity contribution in [1.29, 1.82) is 0 Å². The molecule has 11 heteroatoms. The average molecular weight is 583 g/mol. The number of urea groups is 1. The number of nitrogens with one attached hydrogen (secondary N) is 3. The highest BCUT2D eigenvalue weighted by Crippen LogP contribution is 2.29. The molecule has 4 aromatic rings. The van der Waals surface area contributed by atoms with Crippen molar-refractivity contribution < 1.29 is 14.3 Å². The molecule has 6 rings (SSSR count). The Morgan fingerprint density at radius 3 is 2.16 bits per heavy atom. The second kappa shape index (κ2) is 12.4. The number of carbonyl (C=O) groups excluding carboxylic acids is 2. The van der Waals surface area contributed by atoms with Crippen LogP contribution in [0.15, 0.2) is 60.8 Å². The van der Waals surface area contributed by atoms with E-state index in [2.05, 4.69) is 58.5 Å². The Morgan fingerprint density at radius 1 is 0.907 bits per heavy atom. The monoisotopic (exact) mass is 582 g/mol. The summed E-state index contributed by atoms with van der Waals surface area (Å²) >= 11 is 0. The predicted molar refractivity (Wildman–Crippen MR) is 169 cm³/mol. The van der Waals surface area contributed by atoms with Gasteiger partial charge in [-0.1, -0.05) is 0 Å². The number of nitrogens with zero attached hydrogens (tertiary/aromatic N) is 5. The van der Waals surface area contributed by atoms with Crippen LogP contribution in [0, 0.1) is 0 Å². The topological polar surface area (TPSA) is 117 Å². The first-order valence-electron chi connectivity index (χ1n) is 14.9. The van der Waals surface area contributed by atoms with E-state index in [0.717, 1.165) is 42.0 Å². The van der Waals surface area contributed by atoms with Crippen LogP contribution in [-0.2, 0) is 11.3 Å². The summed E-state index contributed by atoms with van der Waals surface area (Å²) in [7, 11) is 0. The van der Waals surface area contributed by atoms with Crippen LogP contribution in [0.3, 0.4) is 0 Å². The summed E-state index contributed by atoms with van der Waals surface area (Å²) in [5.41, 5.74) is 3.61. The SMILES string of the molecule is CCn1ccc2c(N3CCOCC3)nc(-c3ccc(NC(=O)Nc4ccc(C(=O)N5C[C@@H](C)N[C@@H](C)C5)cc4)cc3)nc21. The molecule has 0 radical (unpaired) electrons. The lowest BCUT2D eigenvalue weighted by Gasteiger charge is -2.36. The lowest BCUT2D eigenvalue weighted by Crippen LogP contribution is -2.55. The molecule has 2 aliphatic heterocycles. The fraction of sp³-hybridized carbons (Fsp3) is 0.375. The van der Waals surface area contributed by atoms with Gasteiger partial charge in [0.05, 0.1) is 18.6 Å². The van der Waals surface area contributed by atoms with Crippen LogP contribution in [0.4, 0.5) is 22.0 Å². The standard InChI is InChI=1S/C32H38N8O3/c1-4-38-14-13-27-29(38)36-28(37-30(27)39-15-17-43-18-16-39)23-5-9-25(10-6-23)34-32(42)35-26-11-7-24(8-12-26)31(41)40-19-21(2)33-22(3)20-40/h5-14,21-22,33H,4,15-20H2,1-3H3,(H2,34,35,42)/t21-,22+. The second-order valence-corrected chi connectivity index (χ2v) is 11.2. The van der Waals surface area contributed by atoms with Crippen LogP contribution in [0.1, 0.15) is 31.1 Å². The molecule has 2 atom stereocenters. The number of aryl methyl sites for hydroxylation is 1. The van der Waals surface area contributed by atoms with Crippen LogP contribution >= 0.6 is 0 Å². The van der Waals surface area contributed by atoms with E-state index in [1.165, 1.54) is 0 Å². The molecule has 0 aliphatic carbocycles. The van der Waals surface area contributed by atoms with Gasteiger partial charge in [-0.2, -0.15) is 0 Å². The predicted octanol–water partition coefficient (Wildman–Crippen LogP) is 4.42. The van der Waals surface area contributed by atoms with Crippen LogP contribution in [0.25, 0.3) is 22.4 Å². The highest BCUT2D eigenvalue weighted by molar-refractivity contribution is 6.00. The maximum atomic E-state index is 13.0. The number of ether oxygens (including phenoxy) is 1. The third kappa shape index (κ3) is 6.32. The van der Waals surface area contributed by atoms with Gasteiger partial charge in [-0.15, -0.1) is 0 Å². The van der Waals surface area contributed by atoms with Gasteiger partial charge < -0.3 is 35.1 Å². The molecule has 3 amide bonds. The largest absolute Gasteiger partial charge is 0.378 e. The van der Waals surface area contributed by atoms with Gasteiger partial charge >= 0.3 is 6.03 Å². The molecule has 2 aromatic carbocycles. The quantitative estimate of drug-likeness (QED) is 0.308. The Kier molecular flexibility index (Phi) is 8.26. The number of carbonyl (C=O) groups is 2. The van der Waals surface area contributed by atoms with Gasteiger partial charge in [-0.05, 0) is 75.4 Å². The summed E-state index contributed by atoms with van der Waals surface area (Å²) in [5, 5.41) is 10.2. The number of morpholine rings is 1. The van der Waals surface area contributed by atoms with Gasteiger partial charge in [-0.25, -0.2) is 14.8 Å². The van der Waals surface area contributed by atoms with Crippen LogP contribution in [0.5, 0.6) is 0 Å². The molecule has 224 valence electrons. The van der Waals surface area contributed by atoms with E-state index in [1.54, 1.807) is 24.3 Å². The third-order valence-corrected chi connectivity index (χ3v) is 7.89. The number of benzene rings is 2. The lowest BCUT2D eigenvalue weighted by atomic mass is 10.1. The van der Waals surface area contributed by atoms with E-state index in [4.69, 9.17) is 14.7 Å². The number of anilines is 3. The number of hydrogen-bond donors (Lipinski definition) is 3. The van der Waals surface area contributed by atoms with E-state index in [1.807, 2.05) is 29.2 Å². The highest BCUT2D eigenvalue weighted by atomic mass is 16.5. The second-order valence-electron chi connectivity index (χ2n) is 11.2. The van der Waals surface area contributed by atoms with Gasteiger partial charge in [-0.3, -0.25) is 4.79 Å². The maximum absolute atomic E-state index is 13.0. The minimum absolute atomic E-state index is 0.000580. The average Bonchev–Trinajstić information content (AvgIpc) is 3.44. The molecule has 0 saturated carbocycles. The van der Waals surface area contributed by atoms with Crippen molar-refractivity contribution in [2.45, 2.75) is 39.4 Å². The molecule has 2 saturated heterocycles. The number of hydrogen-bond acceptors (Lipinski definition) is 7. The molecule has 4 heterocycles. The molecule has 2 aromatic heterocycles. The lowest BCUT2D eigenvalue weighted by molar-refractivity contribution is 0.0674. The van der Waals surface area contributed by atoms with Crippen molar-refractivity contribution in [2.75, 3.05) is 54.9 Å². The first-order valence-corrected chi connectivity index (χ1v) is 14.9. The smallest absolute Gasteiger partial charge is 0.323 e. The van der Waals surface area contributed by atoms with Gasteiger partial charge in [0.25, 0.3) is 5.91 Å². The molecule has 2 fully saturated rings. The maximum Gasteiger partial charge on any atom is 0.323 e. The first kappa shape index (κ1) is 28.6. The summed E-state index contributed by atoms with van der Waals surface area (Å²) in [6.07, 6.45) is 2.05. The van der Waals surface area contributed by atoms with E-state index in [0.29, 0.717) is 49.1 Å². The fourth-order valence-corrected chi connectivity index (χ4v) is 5.82. The van der Waals surface area contributed by atoms with Crippen molar-refractivity contribution in [2.24, 2.45) is 0 Å². The number of fused-ring (bicyclic) bond motifs is 1. The van der Waals surface area contributed by atoms with Gasteiger partial charge in [0.1, 0.15) is 11.5 Å². The Labute approximate surface area is 251 Å². The summed E-state index contributed by atoms with van der Waals surface area (Å²) in [4.78, 5) is 39.7. The van der Waals surface area contributed by atoms with Crippen molar-refractivity contribution in [3.63, 3.8) is 0 Å². The van der Waals surface area contributed by atoms with Crippen molar-refractivity contribution >= 4 is 40.2 Å². The summed E-state index contributed by atoms with van der Waals surface area (Å²) in [6, 6.07) is 16.7.